The third kappa shape index (κ3) is 1.08. The Morgan fingerprint density at radius 3 is 2.83 bits per heavy atom. The molecule has 1 aliphatic carbocycles. The number of fused-ring (bicyclic) bond motifs is 1. The molecule has 2 fully saturated rings. The monoisotopic (exact) mass is 168 g/mol. The van der Waals surface area contributed by atoms with Crippen LogP contribution in [0.3, 0.4) is 0 Å². The molecule has 3 heteroatoms. The van der Waals surface area contributed by atoms with Crippen molar-refractivity contribution in [3.8, 4) is 0 Å². The van der Waals surface area contributed by atoms with Gasteiger partial charge in [-0.25, -0.2) is 4.99 Å². The van der Waals surface area contributed by atoms with Crippen LogP contribution in [0.4, 0.5) is 0 Å². The third-order valence-corrected chi connectivity index (χ3v) is 2.91. The van der Waals surface area contributed by atoms with Gasteiger partial charge in [0.15, 0.2) is 0 Å². The van der Waals surface area contributed by atoms with Gasteiger partial charge in [-0.05, 0) is 19.3 Å². The largest absolute Gasteiger partial charge is 0.460 e. The van der Waals surface area contributed by atoms with Crippen LogP contribution >= 0.6 is 0 Å². The van der Waals surface area contributed by atoms with E-state index in [1.807, 2.05) is 0 Å². The Balaban J connectivity index is 2.13. The predicted molar refractivity (Wildman–Crippen MR) is 48.3 cm³/mol. The van der Waals surface area contributed by atoms with Crippen molar-refractivity contribution in [2.45, 2.75) is 37.8 Å². The van der Waals surface area contributed by atoms with Crippen molar-refractivity contribution >= 4 is 6.02 Å². The number of aliphatic imine (C=N–C) groups is 1. The Hall–Kier alpha value is -0.730. The van der Waals surface area contributed by atoms with E-state index in [0.29, 0.717) is 12.1 Å². The smallest absolute Gasteiger partial charge is 0.287 e. The van der Waals surface area contributed by atoms with Gasteiger partial charge in [-0.3, -0.25) is 0 Å². The summed E-state index contributed by atoms with van der Waals surface area (Å²) >= 11 is 0. The minimum atomic E-state index is 0.419. The molecule has 1 saturated carbocycles. The van der Waals surface area contributed by atoms with Crippen molar-refractivity contribution in [1.29, 1.82) is 0 Å². The van der Waals surface area contributed by atoms with Crippen molar-refractivity contribution in [2.75, 3.05) is 14.1 Å². The molecule has 0 spiro atoms. The summed E-state index contributed by atoms with van der Waals surface area (Å²) in [6.45, 7) is 0. The first-order chi connectivity index (χ1) is 5.83. The summed E-state index contributed by atoms with van der Waals surface area (Å²) in [4.78, 5) is 6.30. The molecule has 2 atom stereocenters. The molecule has 0 aromatic carbocycles. The van der Waals surface area contributed by atoms with Gasteiger partial charge in [0.2, 0.25) is 0 Å². The zero-order chi connectivity index (χ0) is 8.55. The SMILES string of the molecule is C/N=C1\OC2CCCCC2N1C. The van der Waals surface area contributed by atoms with Gasteiger partial charge in [-0.15, -0.1) is 0 Å². The maximum Gasteiger partial charge on any atom is 0.287 e. The lowest BCUT2D eigenvalue weighted by Gasteiger charge is -2.25. The van der Waals surface area contributed by atoms with Gasteiger partial charge < -0.3 is 9.64 Å². The van der Waals surface area contributed by atoms with E-state index in [2.05, 4.69) is 16.9 Å². The molecule has 12 heavy (non-hydrogen) atoms. The van der Waals surface area contributed by atoms with Gasteiger partial charge in [-0.2, -0.15) is 0 Å². The summed E-state index contributed by atoms with van der Waals surface area (Å²) in [6.07, 6.45) is 5.54. The molecule has 0 aromatic rings. The number of nitrogens with zero attached hydrogens (tertiary/aromatic N) is 2. The molecule has 3 nitrogen and oxygen atoms in total. The summed E-state index contributed by atoms with van der Waals surface area (Å²) in [5.74, 6) is 0. The Morgan fingerprint density at radius 2 is 2.17 bits per heavy atom. The quantitative estimate of drug-likeness (QED) is 0.543. The van der Waals surface area contributed by atoms with Gasteiger partial charge in [0.25, 0.3) is 6.02 Å². The molecule has 0 N–H and O–H groups in total. The van der Waals surface area contributed by atoms with Gasteiger partial charge in [0.1, 0.15) is 6.10 Å². The lowest BCUT2D eigenvalue weighted by molar-refractivity contribution is 0.146. The molecule has 1 aliphatic heterocycles. The van der Waals surface area contributed by atoms with Crippen molar-refractivity contribution in [3.05, 3.63) is 0 Å². The fourth-order valence-corrected chi connectivity index (χ4v) is 2.23. The van der Waals surface area contributed by atoms with E-state index in [0.717, 1.165) is 6.02 Å². The highest BCUT2D eigenvalue weighted by Gasteiger charge is 2.38. The lowest BCUT2D eigenvalue weighted by atomic mass is 9.93. The van der Waals surface area contributed by atoms with Crippen LogP contribution in [-0.4, -0.2) is 37.2 Å². The minimum Gasteiger partial charge on any atom is -0.460 e. The highest BCUT2D eigenvalue weighted by atomic mass is 16.5. The average molecular weight is 168 g/mol. The Kier molecular flexibility index (Phi) is 1.95. The molecule has 2 aliphatic rings. The normalized spacial score (nSPS) is 38.2. The van der Waals surface area contributed by atoms with Crippen molar-refractivity contribution in [1.82, 2.24) is 4.90 Å². The fraction of sp³-hybridized carbons (Fsp3) is 0.889. The first kappa shape index (κ1) is 7.90. The zero-order valence-corrected chi connectivity index (χ0v) is 7.79. The highest BCUT2D eigenvalue weighted by molar-refractivity contribution is 5.76. The maximum atomic E-state index is 5.70. The maximum absolute atomic E-state index is 5.70. The average Bonchev–Trinajstić information content (AvgIpc) is 2.44. The van der Waals surface area contributed by atoms with Crippen LogP contribution in [0.5, 0.6) is 0 Å². The lowest BCUT2D eigenvalue weighted by Crippen LogP contribution is -2.35. The van der Waals surface area contributed by atoms with Crippen LogP contribution in [-0.2, 0) is 4.74 Å². The molecule has 0 aromatic heterocycles. The summed E-state index contributed by atoms with van der Waals surface area (Å²) in [5, 5.41) is 0. The molecule has 0 radical (unpaired) electrons. The topological polar surface area (TPSA) is 24.8 Å². The van der Waals surface area contributed by atoms with E-state index in [1.165, 1.54) is 25.7 Å². The van der Waals surface area contributed by atoms with Gasteiger partial charge in [-0.1, -0.05) is 6.42 Å². The first-order valence-electron chi connectivity index (χ1n) is 4.69. The number of rotatable bonds is 0. The van der Waals surface area contributed by atoms with Gasteiger partial charge in [0.05, 0.1) is 6.04 Å². The van der Waals surface area contributed by atoms with E-state index in [1.54, 1.807) is 7.05 Å². The Labute approximate surface area is 73.4 Å². The van der Waals surface area contributed by atoms with E-state index < -0.39 is 0 Å². The summed E-state index contributed by atoms with van der Waals surface area (Å²) < 4.78 is 5.70. The molecule has 1 saturated heterocycles. The van der Waals surface area contributed by atoms with Crippen LogP contribution in [0, 0.1) is 0 Å². The number of ether oxygens (including phenoxy) is 1. The number of amidine groups is 1. The molecular weight excluding hydrogens is 152 g/mol. The summed E-state index contributed by atoms with van der Waals surface area (Å²) in [5.41, 5.74) is 0. The summed E-state index contributed by atoms with van der Waals surface area (Å²) in [7, 11) is 3.88. The Morgan fingerprint density at radius 1 is 1.42 bits per heavy atom. The zero-order valence-electron chi connectivity index (χ0n) is 7.79. The second-order valence-electron chi connectivity index (χ2n) is 3.63. The van der Waals surface area contributed by atoms with E-state index in [9.17, 15) is 0 Å². The van der Waals surface area contributed by atoms with Crippen molar-refractivity contribution < 1.29 is 4.74 Å². The molecule has 0 amide bonds. The van der Waals surface area contributed by atoms with Crippen molar-refractivity contribution in [3.63, 3.8) is 0 Å². The van der Waals surface area contributed by atoms with Crippen LogP contribution in [0.15, 0.2) is 4.99 Å². The highest BCUT2D eigenvalue weighted by Crippen LogP contribution is 2.30. The van der Waals surface area contributed by atoms with Crippen LogP contribution < -0.4 is 0 Å². The van der Waals surface area contributed by atoms with E-state index >= 15 is 0 Å². The van der Waals surface area contributed by atoms with Gasteiger partial charge in [0, 0.05) is 14.1 Å². The van der Waals surface area contributed by atoms with Gasteiger partial charge >= 0.3 is 0 Å². The molecular formula is C9H16N2O. The Bertz CT molecular complexity index is 203. The van der Waals surface area contributed by atoms with Crippen LogP contribution in [0.1, 0.15) is 25.7 Å². The second-order valence-corrected chi connectivity index (χ2v) is 3.63. The van der Waals surface area contributed by atoms with Crippen LogP contribution in [0.2, 0.25) is 0 Å². The number of hydrogen-bond acceptors (Lipinski definition) is 2. The standard InChI is InChI=1S/C9H16N2O/c1-10-9-11(2)7-5-3-4-6-8(7)12-9/h7-8H,3-6H2,1-2H3/b10-9-. The predicted octanol–water partition coefficient (Wildman–Crippen LogP) is 1.25. The second kappa shape index (κ2) is 2.96. The molecule has 68 valence electrons. The van der Waals surface area contributed by atoms with Crippen molar-refractivity contribution in [2.24, 2.45) is 4.99 Å². The fourth-order valence-electron chi connectivity index (χ4n) is 2.23. The third-order valence-electron chi connectivity index (χ3n) is 2.91. The van der Waals surface area contributed by atoms with Crippen LogP contribution in [0.25, 0.3) is 0 Å². The molecule has 2 unspecified atom stereocenters. The first-order valence-corrected chi connectivity index (χ1v) is 4.69. The summed E-state index contributed by atoms with van der Waals surface area (Å²) in [6, 6.07) is 1.42. The molecule has 0 bridgehead atoms. The number of hydrogen-bond donors (Lipinski definition) is 0. The minimum absolute atomic E-state index is 0.419. The molecule has 2 rings (SSSR count). The van der Waals surface area contributed by atoms with E-state index in [4.69, 9.17) is 4.74 Å². The number of likely N-dealkylation sites (N-methyl/N-ethyl adjacent to an activating group) is 1. The van der Waals surface area contributed by atoms with E-state index in [-0.39, 0.29) is 0 Å². The molecule has 1 heterocycles.